The molecule has 0 aliphatic carbocycles. The molecule has 118 valence electrons. The van der Waals surface area contributed by atoms with Gasteiger partial charge in [-0.1, -0.05) is 6.92 Å². The van der Waals surface area contributed by atoms with Crippen molar-refractivity contribution in [1.29, 1.82) is 0 Å². The van der Waals surface area contributed by atoms with Crippen molar-refractivity contribution >= 4 is 16.0 Å². The Labute approximate surface area is 123 Å². The van der Waals surface area contributed by atoms with Crippen LogP contribution in [0.1, 0.15) is 19.8 Å². The van der Waals surface area contributed by atoms with E-state index in [1.807, 2.05) is 0 Å². The Hall–Kier alpha value is -1.45. The van der Waals surface area contributed by atoms with Gasteiger partial charge in [0.25, 0.3) is 0 Å². The van der Waals surface area contributed by atoms with Crippen LogP contribution in [0.2, 0.25) is 0 Å². The lowest BCUT2D eigenvalue weighted by molar-refractivity contribution is -0.137. The Balaban J connectivity index is 2.13. The number of likely N-dealkylation sites (N-methyl/N-ethyl adjacent to an activating group) is 1. The third-order valence-corrected chi connectivity index (χ3v) is 5.22. The number of carbonyl (C=O) groups is 1. The highest BCUT2D eigenvalue weighted by Crippen LogP contribution is 2.19. The molecule has 1 N–H and O–H groups in total. The molecule has 1 atom stereocenters. The summed E-state index contributed by atoms with van der Waals surface area (Å²) in [6.45, 7) is 2.69. The Morgan fingerprint density at radius 1 is 1.62 bits per heavy atom. The lowest BCUT2D eigenvalue weighted by Crippen LogP contribution is -2.37. The Bertz CT molecular complexity index is 592. The summed E-state index contributed by atoms with van der Waals surface area (Å²) in [5.41, 5.74) is 0. The summed E-state index contributed by atoms with van der Waals surface area (Å²) in [5.74, 6) is -1.08. The normalized spacial score (nSPS) is 19.2. The number of carboxylic acid groups (broad SMARTS) is 1. The largest absolute Gasteiger partial charge is 0.480 e. The monoisotopic (exact) mass is 317 g/mol. The van der Waals surface area contributed by atoms with Gasteiger partial charge in [0.15, 0.2) is 0 Å². The molecule has 1 unspecified atom stereocenters. The van der Waals surface area contributed by atoms with E-state index in [1.54, 1.807) is 6.92 Å². The van der Waals surface area contributed by atoms with E-state index in [1.165, 1.54) is 16.7 Å². The Morgan fingerprint density at radius 3 is 2.95 bits per heavy atom. The summed E-state index contributed by atoms with van der Waals surface area (Å²) in [6.07, 6.45) is 4.13. The van der Waals surface area contributed by atoms with Crippen LogP contribution in [0.4, 0.5) is 0 Å². The molecule has 1 aliphatic rings. The zero-order valence-electron chi connectivity index (χ0n) is 11.8. The summed E-state index contributed by atoms with van der Waals surface area (Å²) in [5, 5.41) is 12.5. The molecule has 0 amide bonds. The molecule has 0 saturated carbocycles. The number of aromatic nitrogens is 2. The third kappa shape index (κ3) is 3.80. The number of hydrogen-bond donors (Lipinski definition) is 1. The van der Waals surface area contributed by atoms with Gasteiger partial charge in [-0.05, 0) is 12.8 Å². The highest BCUT2D eigenvalue weighted by Gasteiger charge is 2.29. The van der Waals surface area contributed by atoms with Crippen molar-refractivity contribution in [2.45, 2.75) is 37.3 Å². The minimum absolute atomic E-state index is 0.00333. The van der Waals surface area contributed by atoms with Gasteiger partial charge < -0.3 is 9.84 Å². The minimum atomic E-state index is -3.68. The van der Waals surface area contributed by atoms with Gasteiger partial charge in [0.1, 0.15) is 11.4 Å². The van der Waals surface area contributed by atoms with Gasteiger partial charge in [-0.3, -0.25) is 9.48 Å². The van der Waals surface area contributed by atoms with Crippen LogP contribution < -0.4 is 0 Å². The summed E-state index contributed by atoms with van der Waals surface area (Å²) >= 11 is 0. The highest BCUT2D eigenvalue weighted by molar-refractivity contribution is 7.89. The molecule has 21 heavy (non-hydrogen) atoms. The molecule has 1 aliphatic heterocycles. The second-order valence-electron chi connectivity index (χ2n) is 4.86. The van der Waals surface area contributed by atoms with Crippen molar-refractivity contribution in [1.82, 2.24) is 14.1 Å². The number of carboxylic acids is 1. The molecule has 1 aromatic rings. The van der Waals surface area contributed by atoms with Crippen molar-refractivity contribution in [2.24, 2.45) is 0 Å². The van der Waals surface area contributed by atoms with E-state index in [0.717, 1.165) is 17.5 Å². The van der Waals surface area contributed by atoms with E-state index in [9.17, 15) is 13.2 Å². The van der Waals surface area contributed by atoms with E-state index < -0.39 is 16.0 Å². The molecule has 0 spiro atoms. The molecule has 1 aromatic heterocycles. The van der Waals surface area contributed by atoms with Gasteiger partial charge in [0.05, 0.1) is 12.3 Å². The number of hydrogen-bond acceptors (Lipinski definition) is 5. The Morgan fingerprint density at radius 2 is 2.38 bits per heavy atom. The van der Waals surface area contributed by atoms with E-state index in [0.29, 0.717) is 19.7 Å². The van der Waals surface area contributed by atoms with Gasteiger partial charge in [0, 0.05) is 25.9 Å². The van der Waals surface area contributed by atoms with Crippen molar-refractivity contribution < 1.29 is 23.1 Å². The predicted molar refractivity (Wildman–Crippen MR) is 73.3 cm³/mol. The molecule has 1 fully saturated rings. The first-order chi connectivity index (χ1) is 9.93. The fourth-order valence-corrected chi connectivity index (χ4v) is 3.70. The predicted octanol–water partition coefficient (Wildman–Crippen LogP) is 0.157. The van der Waals surface area contributed by atoms with Gasteiger partial charge >= 0.3 is 5.97 Å². The average Bonchev–Trinajstić information content (AvgIpc) is 3.06. The molecular weight excluding hydrogens is 298 g/mol. The van der Waals surface area contributed by atoms with Crippen molar-refractivity contribution in [3.05, 3.63) is 12.4 Å². The van der Waals surface area contributed by atoms with Gasteiger partial charge in [0.2, 0.25) is 10.0 Å². The van der Waals surface area contributed by atoms with Crippen LogP contribution in [-0.4, -0.2) is 59.4 Å². The minimum Gasteiger partial charge on any atom is -0.480 e. The molecular formula is C12H19N3O5S. The first-order valence-corrected chi connectivity index (χ1v) is 8.23. The van der Waals surface area contributed by atoms with Crippen LogP contribution in [0.3, 0.4) is 0 Å². The van der Waals surface area contributed by atoms with E-state index in [-0.39, 0.29) is 17.5 Å². The topological polar surface area (TPSA) is 102 Å². The van der Waals surface area contributed by atoms with Gasteiger partial charge in [-0.2, -0.15) is 9.40 Å². The summed E-state index contributed by atoms with van der Waals surface area (Å²) in [7, 11) is -3.68. The molecule has 8 nitrogen and oxygen atoms in total. The van der Waals surface area contributed by atoms with Crippen LogP contribution in [0.5, 0.6) is 0 Å². The average molecular weight is 317 g/mol. The highest BCUT2D eigenvalue weighted by atomic mass is 32.2. The maximum Gasteiger partial charge on any atom is 0.325 e. The maximum atomic E-state index is 12.5. The Kier molecular flexibility index (Phi) is 4.96. The quantitative estimate of drug-likeness (QED) is 0.768. The van der Waals surface area contributed by atoms with Crippen LogP contribution >= 0.6 is 0 Å². The SMILES string of the molecule is CCN(CC1CCCO1)S(=O)(=O)c1cnn(CC(=O)O)c1. The molecule has 2 heterocycles. The summed E-state index contributed by atoms with van der Waals surface area (Å²) < 4.78 is 32.9. The molecule has 2 rings (SSSR count). The molecule has 0 aromatic carbocycles. The second kappa shape index (κ2) is 6.54. The summed E-state index contributed by atoms with van der Waals surface area (Å²) in [4.78, 5) is 10.6. The van der Waals surface area contributed by atoms with Gasteiger partial charge in [-0.15, -0.1) is 0 Å². The van der Waals surface area contributed by atoms with E-state index in [4.69, 9.17) is 9.84 Å². The number of sulfonamides is 1. The lowest BCUT2D eigenvalue weighted by Gasteiger charge is -2.22. The third-order valence-electron chi connectivity index (χ3n) is 3.33. The van der Waals surface area contributed by atoms with Crippen molar-refractivity contribution in [3.8, 4) is 0 Å². The standard InChI is InChI=1S/C12H19N3O5S/c1-2-15(7-10-4-3-5-20-10)21(18,19)11-6-13-14(8-11)9-12(16)17/h6,8,10H,2-5,7,9H2,1H3,(H,16,17). The van der Waals surface area contributed by atoms with Crippen LogP contribution in [0.15, 0.2) is 17.3 Å². The van der Waals surface area contributed by atoms with E-state index in [2.05, 4.69) is 5.10 Å². The summed E-state index contributed by atoms with van der Waals surface area (Å²) in [6, 6.07) is 0. The fraction of sp³-hybridized carbons (Fsp3) is 0.667. The number of rotatable bonds is 7. The maximum absolute atomic E-state index is 12.5. The van der Waals surface area contributed by atoms with Crippen molar-refractivity contribution in [3.63, 3.8) is 0 Å². The zero-order valence-corrected chi connectivity index (χ0v) is 12.6. The zero-order chi connectivity index (χ0) is 15.5. The lowest BCUT2D eigenvalue weighted by atomic mass is 10.2. The van der Waals surface area contributed by atoms with Crippen molar-refractivity contribution in [2.75, 3.05) is 19.7 Å². The van der Waals surface area contributed by atoms with Crippen LogP contribution in [-0.2, 0) is 26.1 Å². The van der Waals surface area contributed by atoms with E-state index >= 15 is 0 Å². The number of ether oxygens (including phenoxy) is 1. The second-order valence-corrected chi connectivity index (χ2v) is 6.80. The molecule has 9 heteroatoms. The molecule has 1 saturated heterocycles. The molecule has 0 radical (unpaired) electrons. The first-order valence-electron chi connectivity index (χ1n) is 6.79. The van der Waals surface area contributed by atoms with Crippen LogP contribution in [0.25, 0.3) is 0 Å². The first kappa shape index (κ1) is 15.9. The molecule has 0 bridgehead atoms. The number of aliphatic carboxylic acids is 1. The van der Waals surface area contributed by atoms with Gasteiger partial charge in [-0.25, -0.2) is 8.42 Å². The number of nitrogens with zero attached hydrogens (tertiary/aromatic N) is 3. The fourth-order valence-electron chi connectivity index (χ4n) is 2.26. The van der Waals surface area contributed by atoms with Crippen LogP contribution in [0, 0.1) is 0 Å². The smallest absolute Gasteiger partial charge is 0.325 e.